The standard InChI is InChI=1S/C13H16N4O2S2/c1-3-13(2,12(18)19)17-11(14-15-16-17)10-6-8-7-20-5-4-9(8)21-10/h6H,3-5,7H2,1-2H3,(H,18,19). The highest BCUT2D eigenvalue weighted by molar-refractivity contribution is 7.98. The number of fused-ring (bicyclic) bond motifs is 1. The summed E-state index contributed by atoms with van der Waals surface area (Å²) in [5.74, 6) is 1.78. The Kier molecular flexibility index (Phi) is 3.75. The van der Waals surface area contributed by atoms with Gasteiger partial charge in [-0.1, -0.05) is 6.92 Å². The number of aromatic nitrogens is 4. The van der Waals surface area contributed by atoms with Crippen LogP contribution in [0, 0.1) is 0 Å². The van der Waals surface area contributed by atoms with Crippen molar-refractivity contribution in [3.8, 4) is 10.7 Å². The molecule has 0 aromatic carbocycles. The summed E-state index contributed by atoms with van der Waals surface area (Å²) in [6, 6.07) is 2.10. The zero-order valence-corrected chi connectivity index (χ0v) is 13.5. The lowest BCUT2D eigenvalue weighted by Gasteiger charge is -2.23. The molecule has 1 atom stereocenters. The van der Waals surface area contributed by atoms with Crippen LogP contribution in [-0.4, -0.2) is 37.0 Å². The van der Waals surface area contributed by atoms with E-state index in [1.165, 1.54) is 15.1 Å². The van der Waals surface area contributed by atoms with Crippen molar-refractivity contribution < 1.29 is 9.90 Å². The van der Waals surface area contributed by atoms with Crippen LogP contribution < -0.4 is 0 Å². The Labute approximate surface area is 130 Å². The van der Waals surface area contributed by atoms with Gasteiger partial charge in [0, 0.05) is 10.6 Å². The third-order valence-corrected chi connectivity index (χ3v) is 6.18. The summed E-state index contributed by atoms with van der Waals surface area (Å²) >= 11 is 3.60. The van der Waals surface area contributed by atoms with Crippen LogP contribution in [0.2, 0.25) is 0 Å². The summed E-state index contributed by atoms with van der Waals surface area (Å²) in [5.41, 5.74) is 0.201. The van der Waals surface area contributed by atoms with E-state index < -0.39 is 11.5 Å². The fourth-order valence-electron chi connectivity index (χ4n) is 2.32. The molecular weight excluding hydrogens is 308 g/mol. The molecule has 0 saturated heterocycles. The number of aryl methyl sites for hydroxylation is 1. The molecule has 0 aliphatic carbocycles. The summed E-state index contributed by atoms with van der Waals surface area (Å²) in [4.78, 5) is 13.9. The number of aliphatic carboxylic acids is 1. The van der Waals surface area contributed by atoms with Crippen molar-refractivity contribution in [1.82, 2.24) is 20.2 Å². The van der Waals surface area contributed by atoms with E-state index in [0.29, 0.717) is 12.2 Å². The van der Waals surface area contributed by atoms with Crippen molar-refractivity contribution >= 4 is 29.1 Å². The third kappa shape index (κ3) is 2.36. The van der Waals surface area contributed by atoms with Crippen molar-refractivity contribution in [2.45, 2.75) is 38.0 Å². The summed E-state index contributed by atoms with van der Waals surface area (Å²) < 4.78 is 1.44. The quantitative estimate of drug-likeness (QED) is 0.930. The van der Waals surface area contributed by atoms with Gasteiger partial charge in [-0.3, -0.25) is 0 Å². The molecule has 0 radical (unpaired) electrons. The summed E-state index contributed by atoms with van der Waals surface area (Å²) in [6.45, 7) is 3.48. The number of hydrogen-bond donors (Lipinski definition) is 1. The van der Waals surface area contributed by atoms with Crippen LogP contribution in [0.1, 0.15) is 30.7 Å². The first kappa shape index (κ1) is 14.5. The Hall–Kier alpha value is -1.41. The number of tetrazole rings is 1. The van der Waals surface area contributed by atoms with E-state index in [1.807, 2.05) is 18.7 Å². The number of carboxylic acids is 1. The van der Waals surface area contributed by atoms with E-state index in [0.717, 1.165) is 22.8 Å². The molecule has 1 aliphatic rings. The Balaban J connectivity index is 2.07. The maximum atomic E-state index is 11.6. The molecule has 8 heteroatoms. The maximum Gasteiger partial charge on any atom is 0.331 e. The van der Waals surface area contributed by atoms with Crippen LogP contribution in [-0.2, 0) is 22.5 Å². The first-order chi connectivity index (χ1) is 10.1. The summed E-state index contributed by atoms with van der Waals surface area (Å²) in [6.07, 6.45) is 1.48. The fraction of sp³-hybridized carbons (Fsp3) is 0.538. The number of thioether (sulfide) groups is 1. The Morgan fingerprint density at radius 2 is 2.38 bits per heavy atom. The van der Waals surface area contributed by atoms with E-state index in [4.69, 9.17) is 0 Å². The lowest BCUT2D eigenvalue weighted by atomic mass is 9.99. The van der Waals surface area contributed by atoms with Crippen molar-refractivity contribution in [2.24, 2.45) is 0 Å². The van der Waals surface area contributed by atoms with Crippen LogP contribution in [0.15, 0.2) is 6.07 Å². The first-order valence-electron chi connectivity index (χ1n) is 6.78. The summed E-state index contributed by atoms with van der Waals surface area (Å²) in [7, 11) is 0. The van der Waals surface area contributed by atoms with Gasteiger partial charge in [0.2, 0.25) is 0 Å². The van der Waals surface area contributed by atoms with Gasteiger partial charge in [0.25, 0.3) is 0 Å². The predicted molar refractivity (Wildman–Crippen MR) is 82.6 cm³/mol. The fourth-order valence-corrected chi connectivity index (χ4v) is 4.66. The zero-order valence-electron chi connectivity index (χ0n) is 11.9. The molecule has 6 nitrogen and oxygen atoms in total. The number of carbonyl (C=O) groups is 1. The number of nitrogens with zero attached hydrogens (tertiary/aromatic N) is 4. The number of hydrogen-bond acceptors (Lipinski definition) is 6. The van der Waals surface area contributed by atoms with Gasteiger partial charge in [0.1, 0.15) is 0 Å². The van der Waals surface area contributed by atoms with Gasteiger partial charge in [0.05, 0.1) is 4.88 Å². The Morgan fingerprint density at radius 1 is 1.57 bits per heavy atom. The molecule has 0 spiro atoms. The second kappa shape index (κ2) is 5.42. The van der Waals surface area contributed by atoms with Crippen LogP contribution in [0.3, 0.4) is 0 Å². The Morgan fingerprint density at radius 3 is 3.05 bits per heavy atom. The lowest BCUT2D eigenvalue weighted by Crippen LogP contribution is -2.39. The SMILES string of the molecule is CCC(C)(C(=O)O)n1nnnc1-c1cc2c(s1)CCSC2. The van der Waals surface area contributed by atoms with Gasteiger partial charge >= 0.3 is 5.97 Å². The molecule has 3 heterocycles. The van der Waals surface area contributed by atoms with Gasteiger partial charge in [-0.25, -0.2) is 9.48 Å². The van der Waals surface area contributed by atoms with Crippen molar-refractivity contribution in [3.05, 3.63) is 16.5 Å². The molecule has 1 unspecified atom stereocenters. The second-order valence-electron chi connectivity index (χ2n) is 5.21. The van der Waals surface area contributed by atoms with E-state index in [9.17, 15) is 9.90 Å². The first-order valence-corrected chi connectivity index (χ1v) is 8.75. The van der Waals surface area contributed by atoms with E-state index in [1.54, 1.807) is 18.3 Å². The van der Waals surface area contributed by atoms with E-state index in [-0.39, 0.29) is 0 Å². The number of rotatable bonds is 4. The molecule has 0 saturated carbocycles. The maximum absolute atomic E-state index is 11.6. The molecule has 0 amide bonds. The molecule has 2 aromatic rings. The molecule has 1 aliphatic heterocycles. The molecule has 21 heavy (non-hydrogen) atoms. The van der Waals surface area contributed by atoms with E-state index in [2.05, 4.69) is 21.6 Å². The van der Waals surface area contributed by atoms with Crippen molar-refractivity contribution in [2.75, 3.05) is 5.75 Å². The van der Waals surface area contributed by atoms with Crippen LogP contribution in [0.25, 0.3) is 10.7 Å². The average Bonchev–Trinajstić information content (AvgIpc) is 3.12. The molecule has 0 bridgehead atoms. The molecule has 112 valence electrons. The van der Waals surface area contributed by atoms with Gasteiger partial charge in [-0.2, -0.15) is 11.8 Å². The van der Waals surface area contributed by atoms with E-state index >= 15 is 0 Å². The largest absolute Gasteiger partial charge is 0.479 e. The van der Waals surface area contributed by atoms with Gasteiger partial charge in [-0.05, 0) is 47.6 Å². The topological polar surface area (TPSA) is 80.9 Å². The monoisotopic (exact) mass is 324 g/mol. The van der Waals surface area contributed by atoms with Gasteiger partial charge in [0.15, 0.2) is 11.4 Å². The van der Waals surface area contributed by atoms with Crippen molar-refractivity contribution in [3.63, 3.8) is 0 Å². The smallest absolute Gasteiger partial charge is 0.331 e. The Bertz CT molecular complexity index is 658. The highest BCUT2D eigenvalue weighted by Gasteiger charge is 2.37. The minimum Gasteiger partial charge on any atom is -0.479 e. The summed E-state index contributed by atoms with van der Waals surface area (Å²) in [5, 5.41) is 21.2. The van der Waals surface area contributed by atoms with Crippen LogP contribution >= 0.6 is 23.1 Å². The normalized spacial score (nSPS) is 17.2. The van der Waals surface area contributed by atoms with Gasteiger partial charge < -0.3 is 5.11 Å². The molecule has 1 N–H and O–H groups in total. The minimum atomic E-state index is -1.13. The highest BCUT2D eigenvalue weighted by Crippen LogP contribution is 2.37. The molecular formula is C13H16N4O2S2. The van der Waals surface area contributed by atoms with Crippen LogP contribution in [0.4, 0.5) is 0 Å². The zero-order chi connectivity index (χ0) is 15.0. The minimum absolute atomic E-state index is 0.418. The second-order valence-corrected chi connectivity index (χ2v) is 7.45. The molecule has 3 rings (SSSR count). The predicted octanol–water partition coefficient (Wildman–Crippen LogP) is 2.40. The van der Waals surface area contributed by atoms with Crippen molar-refractivity contribution in [1.29, 1.82) is 0 Å². The third-order valence-electron chi connectivity index (χ3n) is 3.93. The number of carboxylic acid groups (broad SMARTS) is 1. The average molecular weight is 324 g/mol. The number of thiophene rings is 1. The highest BCUT2D eigenvalue weighted by atomic mass is 32.2. The molecule has 0 fully saturated rings. The molecule has 2 aromatic heterocycles. The van der Waals surface area contributed by atoms with Crippen LogP contribution in [0.5, 0.6) is 0 Å². The lowest BCUT2D eigenvalue weighted by molar-refractivity contribution is -0.147. The van der Waals surface area contributed by atoms with Gasteiger partial charge in [-0.15, -0.1) is 16.4 Å².